The second-order valence-corrected chi connectivity index (χ2v) is 8.35. The predicted molar refractivity (Wildman–Crippen MR) is 147 cm³/mol. The number of nitrogens with two attached hydrogens (primary N) is 1. The number of nitrogens with one attached hydrogen (secondary N) is 2. The zero-order valence-electron chi connectivity index (χ0n) is 20.8. The first-order valence-corrected chi connectivity index (χ1v) is 11.9. The maximum absolute atomic E-state index is 14.0. The molecule has 0 radical (unpaired) electrons. The zero-order chi connectivity index (χ0) is 27.1. The molecule has 2 aromatic carbocycles. The summed E-state index contributed by atoms with van der Waals surface area (Å²) >= 11 is 0. The minimum absolute atomic E-state index is 0.00980. The van der Waals surface area contributed by atoms with Crippen molar-refractivity contribution in [3.05, 3.63) is 107 Å². The minimum atomic E-state index is -0.579. The van der Waals surface area contributed by atoms with Crippen molar-refractivity contribution in [2.24, 2.45) is 0 Å². The molecule has 0 aliphatic carbocycles. The highest BCUT2D eigenvalue weighted by Gasteiger charge is 2.21. The largest absolute Gasteiger partial charge is 0.382 e. The summed E-state index contributed by atoms with van der Waals surface area (Å²) < 4.78 is 1.57. The second kappa shape index (κ2) is 11.7. The molecule has 4 N–H and O–H groups in total. The molecule has 0 fully saturated rings. The van der Waals surface area contributed by atoms with Crippen LogP contribution in [-0.2, 0) is 4.79 Å². The Morgan fingerprint density at radius 3 is 2.63 bits per heavy atom. The molecule has 2 heterocycles. The number of benzene rings is 2. The molecule has 1 atom stereocenters. The summed E-state index contributed by atoms with van der Waals surface area (Å²) in [5.74, 6) is 5.34. The third-order valence-electron chi connectivity index (χ3n) is 5.78. The zero-order valence-corrected chi connectivity index (χ0v) is 20.8. The standard InChI is InChI=1S/C29H26N6O3/c1-3-24(36)31-15-8-7-10-20-11-9-12-21-18-23(19(2)34-28(37)26-27(30)33-17-16-32-26)35(29(38)25(20)21)22-13-5-4-6-14-22/h3-6,9,11-14,16-19H,1,8,15H2,2H3,(H2,30,33)(H,31,36)(H,34,37). The Kier molecular flexibility index (Phi) is 7.94. The van der Waals surface area contributed by atoms with Gasteiger partial charge in [0, 0.05) is 42.3 Å². The maximum atomic E-state index is 14.0. The molecule has 9 nitrogen and oxygen atoms in total. The van der Waals surface area contributed by atoms with Crippen molar-refractivity contribution in [3.8, 4) is 17.5 Å². The van der Waals surface area contributed by atoms with Crippen molar-refractivity contribution in [2.75, 3.05) is 12.3 Å². The third-order valence-corrected chi connectivity index (χ3v) is 5.78. The van der Waals surface area contributed by atoms with Crippen molar-refractivity contribution in [1.82, 2.24) is 25.2 Å². The van der Waals surface area contributed by atoms with Crippen molar-refractivity contribution in [1.29, 1.82) is 0 Å². The lowest BCUT2D eigenvalue weighted by molar-refractivity contribution is -0.116. The van der Waals surface area contributed by atoms with E-state index in [0.29, 0.717) is 40.7 Å². The van der Waals surface area contributed by atoms with Gasteiger partial charge >= 0.3 is 0 Å². The lowest BCUT2D eigenvalue weighted by Crippen LogP contribution is -2.33. The Morgan fingerprint density at radius 2 is 1.89 bits per heavy atom. The van der Waals surface area contributed by atoms with Crippen LogP contribution >= 0.6 is 0 Å². The topological polar surface area (TPSA) is 132 Å². The molecule has 0 spiro atoms. The summed E-state index contributed by atoms with van der Waals surface area (Å²) in [6.07, 6.45) is 4.41. The van der Waals surface area contributed by atoms with Crippen LogP contribution in [0.5, 0.6) is 0 Å². The van der Waals surface area contributed by atoms with Gasteiger partial charge in [-0.05, 0) is 42.7 Å². The summed E-state index contributed by atoms with van der Waals surface area (Å²) in [5.41, 5.74) is 7.35. The number of anilines is 1. The van der Waals surface area contributed by atoms with Crippen LogP contribution in [0, 0.1) is 11.8 Å². The first-order valence-electron chi connectivity index (χ1n) is 11.9. The van der Waals surface area contributed by atoms with Crippen LogP contribution in [0.2, 0.25) is 0 Å². The Morgan fingerprint density at radius 1 is 1.13 bits per heavy atom. The van der Waals surface area contributed by atoms with E-state index >= 15 is 0 Å². The van der Waals surface area contributed by atoms with Crippen molar-refractivity contribution >= 4 is 28.4 Å². The fourth-order valence-electron chi connectivity index (χ4n) is 3.99. The highest BCUT2D eigenvalue weighted by molar-refractivity contribution is 5.96. The number of hydrogen-bond acceptors (Lipinski definition) is 6. The van der Waals surface area contributed by atoms with Gasteiger partial charge in [0.2, 0.25) is 5.91 Å². The molecular weight excluding hydrogens is 480 g/mol. The SMILES string of the molecule is C=CC(=O)NCCC#Cc1cccc2cc(C(C)NC(=O)c3nccnc3N)n(-c3ccccc3)c(=O)c12. The van der Waals surface area contributed by atoms with E-state index in [-0.39, 0.29) is 23.0 Å². The number of nitrogen functional groups attached to an aromatic ring is 1. The van der Waals surface area contributed by atoms with Gasteiger partial charge in [-0.25, -0.2) is 9.97 Å². The van der Waals surface area contributed by atoms with E-state index in [1.54, 1.807) is 17.6 Å². The smallest absolute Gasteiger partial charge is 0.274 e. The fourth-order valence-corrected chi connectivity index (χ4v) is 3.99. The Labute approximate surface area is 219 Å². The first-order chi connectivity index (χ1) is 18.4. The third kappa shape index (κ3) is 5.60. The number of carbonyl (C=O) groups is 2. The number of rotatable bonds is 7. The Hall–Kier alpha value is -5.23. The van der Waals surface area contributed by atoms with E-state index in [1.165, 1.54) is 18.5 Å². The van der Waals surface area contributed by atoms with E-state index in [4.69, 9.17) is 5.73 Å². The molecule has 1 unspecified atom stereocenters. The summed E-state index contributed by atoms with van der Waals surface area (Å²) in [6, 6.07) is 15.9. The molecule has 190 valence electrons. The molecule has 4 aromatic rings. The number of carbonyl (C=O) groups excluding carboxylic acids is 2. The van der Waals surface area contributed by atoms with Crippen LogP contribution in [0.15, 0.2) is 84.4 Å². The quantitative estimate of drug-likeness (QED) is 0.201. The number of amides is 2. The number of nitrogens with zero attached hydrogens (tertiary/aromatic N) is 3. The molecule has 0 aliphatic heterocycles. The van der Waals surface area contributed by atoms with Crippen LogP contribution in [0.4, 0.5) is 5.82 Å². The predicted octanol–water partition coefficient (Wildman–Crippen LogP) is 2.90. The molecule has 38 heavy (non-hydrogen) atoms. The first kappa shape index (κ1) is 25.9. The Balaban J connectivity index is 1.77. The van der Waals surface area contributed by atoms with Gasteiger partial charge in [-0.15, -0.1) is 0 Å². The van der Waals surface area contributed by atoms with Crippen LogP contribution < -0.4 is 21.9 Å². The van der Waals surface area contributed by atoms with Crippen LogP contribution in [0.25, 0.3) is 16.5 Å². The number of aromatic nitrogens is 3. The normalized spacial score (nSPS) is 11.2. The number of pyridine rings is 1. The molecule has 0 saturated carbocycles. The highest BCUT2D eigenvalue weighted by atomic mass is 16.2. The molecule has 9 heteroatoms. The minimum Gasteiger partial charge on any atom is -0.382 e. The average molecular weight is 507 g/mol. The monoisotopic (exact) mass is 506 g/mol. The molecular formula is C29H26N6O3. The van der Waals surface area contributed by atoms with E-state index < -0.39 is 11.9 Å². The lowest BCUT2D eigenvalue weighted by Gasteiger charge is -2.21. The van der Waals surface area contributed by atoms with Gasteiger partial charge in [0.1, 0.15) is 0 Å². The van der Waals surface area contributed by atoms with Gasteiger partial charge < -0.3 is 16.4 Å². The average Bonchev–Trinajstić information content (AvgIpc) is 2.93. The van der Waals surface area contributed by atoms with Crippen LogP contribution in [0.1, 0.15) is 41.1 Å². The van der Waals surface area contributed by atoms with Crippen molar-refractivity contribution in [3.63, 3.8) is 0 Å². The lowest BCUT2D eigenvalue weighted by atomic mass is 10.0. The molecule has 2 aromatic heterocycles. The van der Waals surface area contributed by atoms with Crippen molar-refractivity contribution in [2.45, 2.75) is 19.4 Å². The second-order valence-electron chi connectivity index (χ2n) is 8.35. The van der Waals surface area contributed by atoms with E-state index in [1.807, 2.05) is 48.5 Å². The molecule has 0 bridgehead atoms. The van der Waals surface area contributed by atoms with E-state index in [2.05, 4.69) is 39.0 Å². The van der Waals surface area contributed by atoms with E-state index in [0.717, 1.165) is 0 Å². The number of para-hydroxylation sites is 1. The van der Waals surface area contributed by atoms with Crippen molar-refractivity contribution < 1.29 is 9.59 Å². The van der Waals surface area contributed by atoms with Crippen LogP contribution in [0.3, 0.4) is 0 Å². The maximum Gasteiger partial charge on any atom is 0.274 e. The van der Waals surface area contributed by atoms with Gasteiger partial charge in [-0.1, -0.05) is 48.8 Å². The van der Waals surface area contributed by atoms with Gasteiger partial charge in [0.25, 0.3) is 11.5 Å². The summed E-state index contributed by atoms with van der Waals surface area (Å²) in [7, 11) is 0. The summed E-state index contributed by atoms with van der Waals surface area (Å²) in [5, 5.41) is 6.70. The number of hydrogen-bond donors (Lipinski definition) is 3. The molecule has 0 saturated heterocycles. The molecule has 2 amide bonds. The van der Waals surface area contributed by atoms with Gasteiger partial charge in [0.15, 0.2) is 11.5 Å². The molecule has 4 rings (SSSR count). The van der Waals surface area contributed by atoms with Gasteiger partial charge in [-0.3, -0.25) is 19.0 Å². The Bertz CT molecular complexity index is 1630. The van der Waals surface area contributed by atoms with E-state index in [9.17, 15) is 14.4 Å². The highest BCUT2D eigenvalue weighted by Crippen LogP contribution is 2.23. The summed E-state index contributed by atoms with van der Waals surface area (Å²) in [6.45, 7) is 5.57. The fraction of sp³-hybridized carbons (Fsp3) is 0.138. The van der Waals surface area contributed by atoms with Crippen LogP contribution in [-0.4, -0.2) is 32.9 Å². The summed E-state index contributed by atoms with van der Waals surface area (Å²) in [4.78, 5) is 46.2. The van der Waals surface area contributed by atoms with Gasteiger partial charge in [0.05, 0.1) is 11.4 Å². The van der Waals surface area contributed by atoms with Gasteiger partial charge in [-0.2, -0.15) is 0 Å². The number of fused-ring (bicyclic) bond motifs is 1. The molecule has 0 aliphatic rings.